The number of aliphatic hydroxyl groups is 2. The van der Waals surface area contributed by atoms with E-state index in [1.807, 2.05) is 0 Å². The Morgan fingerprint density at radius 2 is 1.58 bits per heavy atom. The predicted molar refractivity (Wildman–Crippen MR) is 92.8 cm³/mol. The molecule has 0 bridgehead atoms. The maximum Gasteiger partial charge on any atom is 0.308 e. The van der Waals surface area contributed by atoms with Crippen molar-refractivity contribution in [1.29, 1.82) is 0 Å². The van der Waals surface area contributed by atoms with E-state index in [1.165, 1.54) is 12.1 Å². The molecule has 6 nitrogen and oxygen atoms in total. The summed E-state index contributed by atoms with van der Waals surface area (Å²) >= 11 is 0. The van der Waals surface area contributed by atoms with Crippen LogP contribution in [0.3, 0.4) is 0 Å². The van der Waals surface area contributed by atoms with Crippen molar-refractivity contribution in [2.24, 2.45) is 0 Å². The average molecular weight is 354 g/mol. The van der Waals surface area contributed by atoms with E-state index in [1.54, 1.807) is 37.3 Å². The second kappa shape index (κ2) is 7.19. The molecule has 3 rings (SSSR count). The Bertz CT molecular complexity index is 886. The molecular formula is C20H18O6. The van der Waals surface area contributed by atoms with E-state index in [4.69, 9.17) is 4.74 Å². The van der Waals surface area contributed by atoms with Crippen LogP contribution in [0.1, 0.15) is 45.7 Å². The van der Waals surface area contributed by atoms with Crippen LogP contribution >= 0.6 is 0 Å². The third-order valence-electron chi connectivity index (χ3n) is 4.34. The third-order valence-corrected chi connectivity index (χ3v) is 4.34. The Morgan fingerprint density at radius 1 is 0.962 bits per heavy atom. The van der Waals surface area contributed by atoms with Crippen LogP contribution in [0.2, 0.25) is 0 Å². The smallest absolute Gasteiger partial charge is 0.308 e. The van der Waals surface area contributed by atoms with E-state index < -0.39 is 29.7 Å². The molecule has 0 spiro atoms. The summed E-state index contributed by atoms with van der Waals surface area (Å²) in [5, 5.41) is 20.5. The number of ketones is 2. The molecule has 0 heterocycles. The summed E-state index contributed by atoms with van der Waals surface area (Å²) in [6, 6.07) is 11.2. The molecule has 0 saturated carbocycles. The van der Waals surface area contributed by atoms with Crippen molar-refractivity contribution < 1.29 is 29.3 Å². The van der Waals surface area contributed by atoms with E-state index in [9.17, 15) is 24.6 Å². The summed E-state index contributed by atoms with van der Waals surface area (Å²) in [5.74, 6) is -1.78. The van der Waals surface area contributed by atoms with Gasteiger partial charge in [0.1, 0.15) is 6.10 Å². The quantitative estimate of drug-likeness (QED) is 0.630. The molecule has 26 heavy (non-hydrogen) atoms. The third kappa shape index (κ3) is 3.16. The summed E-state index contributed by atoms with van der Waals surface area (Å²) < 4.78 is 4.77. The number of ether oxygens (including phenoxy) is 1. The molecule has 0 amide bonds. The summed E-state index contributed by atoms with van der Waals surface area (Å²) in [6.07, 6.45) is -3.02. The Kier molecular flexibility index (Phi) is 4.97. The fourth-order valence-corrected chi connectivity index (χ4v) is 3.05. The molecule has 134 valence electrons. The molecule has 0 saturated heterocycles. The van der Waals surface area contributed by atoms with Crippen molar-refractivity contribution >= 4 is 17.5 Å². The van der Waals surface area contributed by atoms with Gasteiger partial charge in [-0.1, -0.05) is 30.3 Å². The van der Waals surface area contributed by atoms with Gasteiger partial charge in [-0.15, -0.1) is 0 Å². The zero-order valence-electron chi connectivity index (χ0n) is 14.1. The molecule has 2 N–H and O–H groups in total. The highest BCUT2D eigenvalue weighted by molar-refractivity contribution is 6.52. The number of hydrogen-bond donors (Lipinski definition) is 2. The molecule has 0 radical (unpaired) electrons. The van der Waals surface area contributed by atoms with Crippen LogP contribution < -0.4 is 0 Å². The molecule has 1 aliphatic carbocycles. The first kappa shape index (κ1) is 18.0. The molecule has 2 aromatic rings. The maximum absolute atomic E-state index is 12.3. The molecule has 2 unspecified atom stereocenters. The molecule has 0 aliphatic heterocycles. The van der Waals surface area contributed by atoms with Crippen molar-refractivity contribution in [3.05, 3.63) is 59.2 Å². The lowest BCUT2D eigenvalue weighted by Crippen LogP contribution is -2.24. The normalized spacial score (nSPS) is 15.0. The molecule has 2 aromatic carbocycles. The lowest BCUT2D eigenvalue weighted by Gasteiger charge is -2.22. The average Bonchev–Trinajstić information content (AvgIpc) is 2.65. The van der Waals surface area contributed by atoms with Crippen LogP contribution in [0.25, 0.3) is 11.1 Å². The first-order valence-electron chi connectivity index (χ1n) is 8.28. The number of esters is 1. The molecule has 0 aromatic heterocycles. The van der Waals surface area contributed by atoms with Gasteiger partial charge in [0.15, 0.2) is 0 Å². The van der Waals surface area contributed by atoms with E-state index in [2.05, 4.69) is 0 Å². The van der Waals surface area contributed by atoms with Crippen LogP contribution in [-0.2, 0) is 9.53 Å². The number of carbonyl (C=O) groups excluding carboxylic acids is 3. The monoisotopic (exact) mass is 354 g/mol. The Hall–Kier alpha value is -2.83. The van der Waals surface area contributed by atoms with Gasteiger partial charge in [-0.3, -0.25) is 14.4 Å². The van der Waals surface area contributed by atoms with Crippen molar-refractivity contribution in [2.45, 2.75) is 25.6 Å². The van der Waals surface area contributed by atoms with Gasteiger partial charge in [-0.05, 0) is 35.7 Å². The number of aliphatic hydroxyl groups excluding tert-OH is 2. The van der Waals surface area contributed by atoms with Crippen molar-refractivity contribution in [1.82, 2.24) is 0 Å². The second-order valence-electron chi connectivity index (χ2n) is 6.03. The fourth-order valence-electron chi connectivity index (χ4n) is 3.05. The number of fused-ring (bicyclic) bond motifs is 3. The predicted octanol–water partition coefficient (Wildman–Crippen LogP) is 2.08. The summed E-state index contributed by atoms with van der Waals surface area (Å²) in [6.45, 7) is 1.84. The minimum Gasteiger partial charge on any atom is -0.466 e. The number of hydrogen-bond acceptors (Lipinski definition) is 6. The van der Waals surface area contributed by atoms with Gasteiger partial charge in [0.05, 0.1) is 19.1 Å². The Labute approximate surface area is 150 Å². The lowest BCUT2D eigenvalue weighted by molar-refractivity contribution is -0.147. The van der Waals surface area contributed by atoms with Crippen LogP contribution in [0.15, 0.2) is 42.5 Å². The zero-order valence-corrected chi connectivity index (χ0v) is 14.1. The number of benzene rings is 2. The first-order valence-corrected chi connectivity index (χ1v) is 8.28. The molecule has 1 aliphatic rings. The summed E-state index contributed by atoms with van der Waals surface area (Å²) in [4.78, 5) is 36.0. The molecule has 2 atom stereocenters. The molecular weight excluding hydrogens is 336 g/mol. The van der Waals surface area contributed by atoms with Gasteiger partial charge in [0.25, 0.3) is 0 Å². The van der Waals surface area contributed by atoms with Gasteiger partial charge < -0.3 is 14.9 Å². The number of Topliss-reactive ketones (excluding diaryl/α,β-unsaturated/α-hetero) is 2. The van der Waals surface area contributed by atoms with Gasteiger partial charge in [0, 0.05) is 11.1 Å². The van der Waals surface area contributed by atoms with E-state index in [0.29, 0.717) is 22.3 Å². The van der Waals surface area contributed by atoms with Crippen molar-refractivity contribution in [3.63, 3.8) is 0 Å². The summed E-state index contributed by atoms with van der Waals surface area (Å²) in [5.41, 5.74) is 2.02. The van der Waals surface area contributed by atoms with Crippen LogP contribution in [0, 0.1) is 0 Å². The Morgan fingerprint density at radius 3 is 2.23 bits per heavy atom. The lowest BCUT2D eigenvalue weighted by atomic mass is 9.82. The largest absolute Gasteiger partial charge is 0.466 e. The highest BCUT2D eigenvalue weighted by Gasteiger charge is 2.31. The minimum absolute atomic E-state index is 0.188. The first-order chi connectivity index (χ1) is 12.4. The van der Waals surface area contributed by atoms with E-state index >= 15 is 0 Å². The van der Waals surface area contributed by atoms with Crippen molar-refractivity contribution in [2.75, 3.05) is 6.61 Å². The van der Waals surface area contributed by atoms with Crippen LogP contribution in [-0.4, -0.2) is 40.5 Å². The van der Waals surface area contributed by atoms with Crippen molar-refractivity contribution in [3.8, 4) is 11.1 Å². The molecule has 6 heteroatoms. The second-order valence-corrected chi connectivity index (χ2v) is 6.03. The van der Waals surface area contributed by atoms with Gasteiger partial charge in [-0.25, -0.2) is 0 Å². The van der Waals surface area contributed by atoms with Crippen LogP contribution in [0.4, 0.5) is 0 Å². The minimum atomic E-state index is -1.34. The van der Waals surface area contributed by atoms with Crippen LogP contribution in [0.5, 0.6) is 0 Å². The topological polar surface area (TPSA) is 101 Å². The number of carbonyl (C=O) groups is 3. The highest BCUT2D eigenvalue weighted by Crippen LogP contribution is 2.35. The number of rotatable bonds is 5. The van der Waals surface area contributed by atoms with Gasteiger partial charge in [0.2, 0.25) is 11.6 Å². The van der Waals surface area contributed by atoms with E-state index in [-0.39, 0.29) is 18.6 Å². The maximum atomic E-state index is 12.3. The summed E-state index contributed by atoms with van der Waals surface area (Å²) in [7, 11) is 0. The van der Waals surface area contributed by atoms with Gasteiger partial charge in [-0.2, -0.15) is 0 Å². The zero-order chi connectivity index (χ0) is 18.8. The van der Waals surface area contributed by atoms with E-state index in [0.717, 1.165) is 0 Å². The van der Waals surface area contributed by atoms with Gasteiger partial charge >= 0.3 is 5.97 Å². The fraction of sp³-hybridized carbons (Fsp3) is 0.250. The highest BCUT2D eigenvalue weighted by atomic mass is 16.5. The SMILES string of the molecule is CCOC(=O)CC(O)C(O)c1ccc2c(c1)-c1ccccc1C(=O)C2=O. The standard InChI is InChI=1S/C20H18O6/c1-2-26-17(22)10-16(21)18(23)11-7-8-14-15(9-11)12-5-3-4-6-13(12)19(24)20(14)25/h3-9,16,18,21,23H,2,10H2,1H3. The Balaban J connectivity index is 1.95. The molecule has 0 fully saturated rings.